The van der Waals surface area contributed by atoms with Gasteiger partial charge in [-0.25, -0.2) is 0 Å². The van der Waals surface area contributed by atoms with Crippen LogP contribution in [0.4, 0.5) is 0 Å². The van der Waals surface area contributed by atoms with Crippen molar-refractivity contribution in [3.05, 3.63) is 0 Å². The van der Waals surface area contributed by atoms with E-state index in [-0.39, 0.29) is 0 Å². The molecule has 0 aromatic carbocycles. The highest BCUT2D eigenvalue weighted by Crippen LogP contribution is 2.54. The predicted molar refractivity (Wildman–Crippen MR) is 59.7 cm³/mol. The van der Waals surface area contributed by atoms with E-state index in [0.717, 1.165) is 23.7 Å². The minimum atomic E-state index is 0.656. The fourth-order valence-electron chi connectivity index (χ4n) is 2.79. The Labute approximate surface area is 84.1 Å². The van der Waals surface area contributed by atoms with Crippen molar-refractivity contribution >= 4 is 0 Å². The van der Waals surface area contributed by atoms with Crippen molar-refractivity contribution in [1.82, 2.24) is 0 Å². The molecule has 1 aliphatic carbocycles. The van der Waals surface area contributed by atoms with Gasteiger partial charge in [-0.3, -0.25) is 0 Å². The van der Waals surface area contributed by atoms with Gasteiger partial charge in [-0.1, -0.05) is 41.5 Å². The molecule has 0 aliphatic heterocycles. The van der Waals surface area contributed by atoms with Crippen molar-refractivity contribution in [2.75, 3.05) is 0 Å². The lowest BCUT2D eigenvalue weighted by Crippen LogP contribution is -2.43. The number of hydrogen-bond donors (Lipinski definition) is 0. The molecule has 0 spiro atoms. The van der Waals surface area contributed by atoms with Gasteiger partial charge in [0.15, 0.2) is 0 Å². The quantitative estimate of drug-likeness (QED) is 0.608. The van der Waals surface area contributed by atoms with Gasteiger partial charge in [0, 0.05) is 0 Å². The molecule has 0 aromatic rings. The SMILES string of the molecule is CC(C)C1CC(C)(C(C)C(C)C)C1. The van der Waals surface area contributed by atoms with Gasteiger partial charge >= 0.3 is 0 Å². The van der Waals surface area contributed by atoms with Gasteiger partial charge in [-0.05, 0) is 41.9 Å². The first-order valence-corrected chi connectivity index (χ1v) is 5.87. The van der Waals surface area contributed by atoms with E-state index in [1.165, 1.54) is 12.8 Å². The van der Waals surface area contributed by atoms with Gasteiger partial charge in [0.1, 0.15) is 0 Å². The maximum absolute atomic E-state index is 2.48. The maximum Gasteiger partial charge on any atom is -0.0292 e. The monoisotopic (exact) mass is 182 g/mol. The Hall–Kier alpha value is 0. The Morgan fingerprint density at radius 2 is 1.46 bits per heavy atom. The van der Waals surface area contributed by atoms with E-state index in [0.29, 0.717) is 5.41 Å². The van der Waals surface area contributed by atoms with Gasteiger partial charge in [0.05, 0.1) is 0 Å². The summed E-state index contributed by atoms with van der Waals surface area (Å²) in [6.45, 7) is 14.4. The fourth-order valence-corrected chi connectivity index (χ4v) is 2.79. The molecule has 0 aromatic heterocycles. The third-order valence-electron chi connectivity index (χ3n) is 4.50. The van der Waals surface area contributed by atoms with Crippen LogP contribution in [0.2, 0.25) is 0 Å². The zero-order valence-electron chi connectivity index (χ0n) is 10.2. The highest BCUT2D eigenvalue weighted by atomic mass is 14.5. The second kappa shape index (κ2) is 3.63. The Morgan fingerprint density at radius 1 is 1.00 bits per heavy atom. The Bertz CT molecular complexity index is 161. The highest BCUT2D eigenvalue weighted by molar-refractivity contribution is 4.95. The molecule has 13 heavy (non-hydrogen) atoms. The molecule has 1 aliphatic rings. The molecule has 1 rings (SSSR count). The van der Waals surface area contributed by atoms with Crippen LogP contribution >= 0.6 is 0 Å². The molecule has 0 radical (unpaired) electrons. The van der Waals surface area contributed by atoms with Gasteiger partial charge in [0.25, 0.3) is 0 Å². The summed E-state index contributed by atoms with van der Waals surface area (Å²) in [6, 6.07) is 0. The molecule has 0 heteroatoms. The normalized spacial score (nSPS) is 36.5. The van der Waals surface area contributed by atoms with Crippen LogP contribution in [-0.2, 0) is 0 Å². The Morgan fingerprint density at radius 3 is 1.77 bits per heavy atom. The van der Waals surface area contributed by atoms with E-state index in [4.69, 9.17) is 0 Å². The van der Waals surface area contributed by atoms with Gasteiger partial charge in [0.2, 0.25) is 0 Å². The Balaban J connectivity index is 2.46. The van der Waals surface area contributed by atoms with E-state index in [9.17, 15) is 0 Å². The molecule has 1 unspecified atom stereocenters. The summed E-state index contributed by atoms with van der Waals surface area (Å²) in [4.78, 5) is 0. The molecule has 1 fully saturated rings. The van der Waals surface area contributed by atoms with Crippen molar-refractivity contribution in [3.8, 4) is 0 Å². The molecule has 1 atom stereocenters. The van der Waals surface area contributed by atoms with Crippen LogP contribution < -0.4 is 0 Å². The van der Waals surface area contributed by atoms with Crippen LogP contribution in [0.3, 0.4) is 0 Å². The lowest BCUT2D eigenvalue weighted by molar-refractivity contribution is -0.0232. The lowest BCUT2D eigenvalue weighted by Gasteiger charge is -2.52. The summed E-state index contributed by atoms with van der Waals surface area (Å²) < 4.78 is 0. The largest absolute Gasteiger partial charge is 0.0625 e. The van der Waals surface area contributed by atoms with Crippen molar-refractivity contribution in [2.45, 2.75) is 54.4 Å². The third kappa shape index (κ3) is 2.08. The molecule has 0 bridgehead atoms. The molecule has 1 saturated carbocycles. The average Bonchev–Trinajstić information content (AvgIpc) is 1.96. The van der Waals surface area contributed by atoms with Crippen LogP contribution in [0.25, 0.3) is 0 Å². The van der Waals surface area contributed by atoms with Gasteiger partial charge in [-0.2, -0.15) is 0 Å². The summed E-state index contributed by atoms with van der Waals surface area (Å²) in [6.07, 6.45) is 2.92. The average molecular weight is 182 g/mol. The lowest BCUT2D eigenvalue weighted by atomic mass is 9.53. The summed E-state index contributed by atoms with van der Waals surface area (Å²) in [5, 5.41) is 0. The molecule has 0 N–H and O–H groups in total. The van der Waals surface area contributed by atoms with Crippen molar-refractivity contribution in [3.63, 3.8) is 0 Å². The van der Waals surface area contributed by atoms with Crippen molar-refractivity contribution < 1.29 is 0 Å². The molecule has 0 saturated heterocycles. The highest BCUT2D eigenvalue weighted by Gasteiger charge is 2.45. The van der Waals surface area contributed by atoms with Gasteiger partial charge < -0.3 is 0 Å². The summed E-state index contributed by atoms with van der Waals surface area (Å²) >= 11 is 0. The minimum absolute atomic E-state index is 0.656. The Kier molecular flexibility index (Phi) is 3.09. The third-order valence-corrected chi connectivity index (χ3v) is 4.50. The summed E-state index contributed by atoms with van der Waals surface area (Å²) in [5.41, 5.74) is 0.656. The van der Waals surface area contributed by atoms with E-state index in [1.807, 2.05) is 0 Å². The van der Waals surface area contributed by atoms with Crippen LogP contribution in [0.1, 0.15) is 54.4 Å². The molecule has 0 nitrogen and oxygen atoms in total. The molecule has 0 amide bonds. The van der Waals surface area contributed by atoms with Crippen molar-refractivity contribution in [1.29, 1.82) is 0 Å². The molecule has 78 valence electrons. The van der Waals surface area contributed by atoms with E-state index < -0.39 is 0 Å². The van der Waals surface area contributed by atoms with Crippen LogP contribution in [0.5, 0.6) is 0 Å². The fraction of sp³-hybridized carbons (Fsp3) is 1.00. The second-order valence-electron chi connectivity index (χ2n) is 6.10. The number of hydrogen-bond acceptors (Lipinski definition) is 0. The van der Waals surface area contributed by atoms with Crippen LogP contribution in [0.15, 0.2) is 0 Å². The molecule has 0 heterocycles. The summed E-state index contributed by atoms with van der Waals surface area (Å²) in [5.74, 6) is 3.64. The van der Waals surface area contributed by atoms with Crippen LogP contribution in [-0.4, -0.2) is 0 Å². The molecular weight excluding hydrogens is 156 g/mol. The van der Waals surface area contributed by atoms with E-state index >= 15 is 0 Å². The van der Waals surface area contributed by atoms with E-state index in [1.54, 1.807) is 0 Å². The minimum Gasteiger partial charge on any atom is -0.0625 e. The predicted octanol–water partition coefficient (Wildman–Crippen LogP) is 4.35. The first kappa shape index (κ1) is 11.1. The topological polar surface area (TPSA) is 0 Å². The smallest absolute Gasteiger partial charge is 0.0292 e. The van der Waals surface area contributed by atoms with Crippen LogP contribution in [0, 0.1) is 29.1 Å². The zero-order chi connectivity index (χ0) is 10.2. The molecular formula is C13H26. The second-order valence-corrected chi connectivity index (χ2v) is 6.10. The van der Waals surface area contributed by atoms with Gasteiger partial charge in [-0.15, -0.1) is 0 Å². The van der Waals surface area contributed by atoms with Crippen molar-refractivity contribution in [2.24, 2.45) is 29.1 Å². The maximum atomic E-state index is 2.48. The number of rotatable bonds is 3. The first-order chi connectivity index (χ1) is 5.87. The van der Waals surface area contributed by atoms with E-state index in [2.05, 4.69) is 41.5 Å². The summed E-state index contributed by atoms with van der Waals surface area (Å²) in [7, 11) is 0. The zero-order valence-corrected chi connectivity index (χ0v) is 10.2. The first-order valence-electron chi connectivity index (χ1n) is 5.87. The standard InChI is InChI=1S/C13H26/c1-9(2)11(5)13(6)7-12(8-13)10(3)4/h9-12H,7-8H2,1-6H3.